The Balaban J connectivity index is 3.01. The van der Waals surface area contributed by atoms with E-state index in [4.69, 9.17) is 6.42 Å². The maximum absolute atomic E-state index is 5.11. The number of nitrogens with zero attached hydrogens (tertiary/aromatic N) is 2. The fourth-order valence-electron chi connectivity index (χ4n) is 0.556. The molecular formula is C7H6N2S. The molecule has 0 unspecified atom stereocenters. The fourth-order valence-corrected chi connectivity index (χ4v) is 0.708. The van der Waals surface area contributed by atoms with Gasteiger partial charge in [0.2, 0.25) is 0 Å². The highest BCUT2D eigenvalue weighted by Crippen LogP contribution is 1.95. The van der Waals surface area contributed by atoms with Gasteiger partial charge in [0.1, 0.15) is 11.5 Å². The van der Waals surface area contributed by atoms with E-state index in [1.165, 1.54) is 0 Å². The zero-order valence-electron chi connectivity index (χ0n) is 5.28. The Labute approximate surface area is 65.1 Å². The van der Waals surface area contributed by atoms with Crippen LogP contribution in [0.25, 0.3) is 0 Å². The van der Waals surface area contributed by atoms with E-state index in [9.17, 15) is 0 Å². The summed E-state index contributed by atoms with van der Waals surface area (Å²) < 4.78 is 0. The summed E-state index contributed by atoms with van der Waals surface area (Å²) in [7, 11) is 0. The molecule has 2 nitrogen and oxygen atoms in total. The van der Waals surface area contributed by atoms with Crippen LogP contribution < -0.4 is 0 Å². The van der Waals surface area contributed by atoms with Crippen LogP contribution in [0.5, 0.6) is 0 Å². The van der Waals surface area contributed by atoms with Crippen LogP contribution in [0.2, 0.25) is 0 Å². The molecule has 0 aliphatic rings. The van der Waals surface area contributed by atoms with Crippen molar-refractivity contribution in [3.8, 4) is 12.3 Å². The first kappa shape index (κ1) is 7.10. The van der Waals surface area contributed by atoms with E-state index in [0.717, 1.165) is 0 Å². The zero-order chi connectivity index (χ0) is 7.40. The molecule has 0 saturated carbocycles. The van der Waals surface area contributed by atoms with Crippen molar-refractivity contribution >= 4 is 12.6 Å². The topological polar surface area (TPSA) is 25.8 Å². The van der Waals surface area contributed by atoms with E-state index in [0.29, 0.717) is 17.3 Å². The minimum atomic E-state index is 0.523. The smallest absolute Gasteiger partial charge is 0.139 e. The summed E-state index contributed by atoms with van der Waals surface area (Å²) in [6.45, 7) is 0. The van der Waals surface area contributed by atoms with Crippen LogP contribution in [0.1, 0.15) is 11.5 Å². The summed E-state index contributed by atoms with van der Waals surface area (Å²) >= 11 is 4.00. The van der Waals surface area contributed by atoms with Crippen molar-refractivity contribution in [2.45, 2.75) is 5.75 Å². The Hall–Kier alpha value is -1.01. The van der Waals surface area contributed by atoms with Crippen LogP contribution in [0, 0.1) is 12.3 Å². The molecule has 0 aliphatic carbocycles. The Morgan fingerprint density at radius 2 is 2.50 bits per heavy atom. The highest BCUT2D eigenvalue weighted by atomic mass is 32.1. The molecule has 10 heavy (non-hydrogen) atoms. The summed E-state index contributed by atoms with van der Waals surface area (Å²) in [5.41, 5.74) is 0.610. The van der Waals surface area contributed by atoms with Crippen molar-refractivity contribution < 1.29 is 0 Å². The summed E-state index contributed by atoms with van der Waals surface area (Å²) in [5.74, 6) is 3.61. The molecule has 0 atom stereocenters. The lowest BCUT2D eigenvalue weighted by Gasteiger charge is -1.92. The molecule has 50 valence electrons. The molecule has 0 spiro atoms. The van der Waals surface area contributed by atoms with E-state index in [1.807, 2.05) is 0 Å². The summed E-state index contributed by atoms with van der Waals surface area (Å²) in [6.07, 6.45) is 6.74. The molecule has 0 saturated heterocycles. The van der Waals surface area contributed by atoms with Gasteiger partial charge in [0.15, 0.2) is 0 Å². The molecular weight excluding hydrogens is 144 g/mol. The SMILES string of the molecule is C#Cc1ccnc(CS)n1. The molecule has 1 aromatic rings. The normalized spacial score (nSPS) is 8.80. The first-order valence-electron chi connectivity index (χ1n) is 2.76. The van der Waals surface area contributed by atoms with Gasteiger partial charge in [-0.1, -0.05) is 5.92 Å². The zero-order valence-corrected chi connectivity index (χ0v) is 6.18. The van der Waals surface area contributed by atoms with Crippen LogP contribution in [-0.4, -0.2) is 9.97 Å². The van der Waals surface area contributed by atoms with Gasteiger partial charge in [-0.05, 0) is 6.07 Å². The minimum Gasteiger partial charge on any atom is -0.240 e. The first-order chi connectivity index (χ1) is 4.86. The fraction of sp³-hybridized carbons (Fsp3) is 0.143. The van der Waals surface area contributed by atoms with Gasteiger partial charge in [0.25, 0.3) is 0 Å². The van der Waals surface area contributed by atoms with Gasteiger partial charge in [-0.15, -0.1) is 6.42 Å². The third kappa shape index (κ3) is 1.49. The van der Waals surface area contributed by atoms with Crippen LogP contribution in [-0.2, 0) is 5.75 Å². The van der Waals surface area contributed by atoms with Gasteiger partial charge in [-0.25, -0.2) is 9.97 Å². The Morgan fingerprint density at radius 1 is 1.70 bits per heavy atom. The number of hydrogen-bond acceptors (Lipinski definition) is 3. The Bertz CT molecular complexity index is 265. The maximum Gasteiger partial charge on any atom is 0.139 e. The Kier molecular flexibility index (Phi) is 2.30. The first-order valence-corrected chi connectivity index (χ1v) is 3.39. The van der Waals surface area contributed by atoms with Gasteiger partial charge < -0.3 is 0 Å². The largest absolute Gasteiger partial charge is 0.240 e. The number of thiol groups is 1. The third-order valence-corrected chi connectivity index (χ3v) is 1.28. The summed E-state index contributed by atoms with van der Waals surface area (Å²) in [5, 5.41) is 0. The molecule has 0 N–H and O–H groups in total. The second-order valence-electron chi connectivity index (χ2n) is 1.66. The number of terminal acetylenes is 1. The number of aromatic nitrogens is 2. The quantitative estimate of drug-likeness (QED) is 0.475. The van der Waals surface area contributed by atoms with Gasteiger partial charge in [-0.3, -0.25) is 0 Å². The van der Waals surface area contributed by atoms with E-state index >= 15 is 0 Å². The minimum absolute atomic E-state index is 0.523. The van der Waals surface area contributed by atoms with Crippen LogP contribution >= 0.6 is 12.6 Å². The maximum atomic E-state index is 5.11. The van der Waals surface area contributed by atoms with Crippen molar-refractivity contribution in [2.75, 3.05) is 0 Å². The van der Waals surface area contributed by atoms with E-state index in [2.05, 4.69) is 28.5 Å². The van der Waals surface area contributed by atoms with E-state index in [1.54, 1.807) is 12.3 Å². The van der Waals surface area contributed by atoms with Crippen molar-refractivity contribution in [3.05, 3.63) is 23.8 Å². The Morgan fingerprint density at radius 3 is 3.10 bits per heavy atom. The predicted molar refractivity (Wildman–Crippen MR) is 42.7 cm³/mol. The monoisotopic (exact) mass is 150 g/mol. The van der Waals surface area contributed by atoms with Gasteiger partial charge in [0.05, 0.1) is 5.75 Å². The van der Waals surface area contributed by atoms with Crippen LogP contribution in [0.3, 0.4) is 0 Å². The lowest BCUT2D eigenvalue weighted by atomic mass is 10.4. The van der Waals surface area contributed by atoms with Crippen molar-refractivity contribution in [3.63, 3.8) is 0 Å². The van der Waals surface area contributed by atoms with Gasteiger partial charge in [0, 0.05) is 6.20 Å². The molecule has 0 aromatic carbocycles. The van der Waals surface area contributed by atoms with Crippen molar-refractivity contribution in [2.24, 2.45) is 0 Å². The highest BCUT2D eigenvalue weighted by Gasteiger charge is 1.91. The van der Waals surface area contributed by atoms with Crippen molar-refractivity contribution in [1.29, 1.82) is 0 Å². The molecule has 0 aliphatic heterocycles. The standard InChI is InChI=1S/C7H6N2S/c1-2-6-3-4-8-7(5-10)9-6/h1,3-4,10H,5H2. The third-order valence-electron chi connectivity index (χ3n) is 0.995. The molecule has 3 heteroatoms. The molecule has 1 heterocycles. The van der Waals surface area contributed by atoms with E-state index in [-0.39, 0.29) is 0 Å². The molecule has 0 fully saturated rings. The second kappa shape index (κ2) is 3.23. The van der Waals surface area contributed by atoms with Crippen molar-refractivity contribution in [1.82, 2.24) is 9.97 Å². The van der Waals surface area contributed by atoms with Gasteiger partial charge in [-0.2, -0.15) is 12.6 Å². The van der Waals surface area contributed by atoms with Crippen LogP contribution in [0.4, 0.5) is 0 Å². The van der Waals surface area contributed by atoms with E-state index < -0.39 is 0 Å². The number of rotatable bonds is 1. The molecule has 0 amide bonds. The summed E-state index contributed by atoms with van der Waals surface area (Å²) in [4.78, 5) is 7.91. The highest BCUT2D eigenvalue weighted by molar-refractivity contribution is 7.79. The van der Waals surface area contributed by atoms with Gasteiger partial charge >= 0.3 is 0 Å². The predicted octanol–water partition coefficient (Wildman–Crippen LogP) is 0.888. The number of hydrogen-bond donors (Lipinski definition) is 1. The molecule has 0 bridgehead atoms. The lowest BCUT2D eigenvalue weighted by molar-refractivity contribution is 1.02. The lowest BCUT2D eigenvalue weighted by Crippen LogP contribution is -1.92. The molecule has 1 rings (SSSR count). The average Bonchev–Trinajstić information content (AvgIpc) is 2.05. The summed E-state index contributed by atoms with van der Waals surface area (Å²) in [6, 6.07) is 1.69. The second-order valence-corrected chi connectivity index (χ2v) is 1.98. The average molecular weight is 150 g/mol. The molecule has 0 radical (unpaired) electrons. The van der Waals surface area contributed by atoms with Crippen LogP contribution in [0.15, 0.2) is 12.3 Å². The molecule has 1 aromatic heterocycles.